The summed E-state index contributed by atoms with van der Waals surface area (Å²) in [5.41, 5.74) is 1.11. The fourth-order valence-electron chi connectivity index (χ4n) is 1.96. The average Bonchev–Trinajstić information content (AvgIpc) is 2.28. The van der Waals surface area contributed by atoms with Crippen molar-refractivity contribution in [3.05, 3.63) is 46.7 Å². The Labute approximate surface area is 105 Å². The molecule has 1 aliphatic rings. The number of hydrogen-bond donors (Lipinski definition) is 1. The molecule has 0 bridgehead atoms. The van der Waals surface area contributed by atoms with Gasteiger partial charge in [-0.25, -0.2) is 0 Å². The number of nitrogens with one attached hydrogen (secondary N) is 1. The quantitative estimate of drug-likeness (QED) is 0.895. The molecule has 1 aromatic carbocycles. The number of amides is 1. The van der Waals surface area contributed by atoms with E-state index in [1.807, 2.05) is 24.3 Å². The van der Waals surface area contributed by atoms with Crippen LogP contribution in [0.25, 0.3) is 0 Å². The van der Waals surface area contributed by atoms with Gasteiger partial charge in [-0.15, -0.1) is 0 Å². The van der Waals surface area contributed by atoms with Gasteiger partial charge in [0.1, 0.15) is 5.76 Å². The predicted octanol–water partition coefficient (Wildman–Crippen LogP) is 2.30. The summed E-state index contributed by atoms with van der Waals surface area (Å²) >= 11 is 5.92. The summed E-state index contributed by atoms with van der Waals surface area (Å²) < 4.78 is 5.13. The Morgan fingerprint density at radius 1 is 1.53 bits per heavy atom. The zero-order valence-electron chi connectivity index (χ0n) is 9.57. The van der Waals surface area contributed by atoms with Crippen LogP contribution >= 0.6 is 11.6 Å². The second-order valence-electron chi connectivity index (χ2n) is 4.06. The molecular weight excluding hydrogens is 238 g/mol. The molecule has 3 nitrogen and oxygen atoms in total. The Morgan fingerprint density at radius 2 is 2.35 bits per heavy atom. The van der Waals surface area contributed by atoms with E-state index in [2.05, 4.69) is 5.32 Å². The van der Waals surface area contributed by atoms with E-state index in [1.54, 1.807) is 7.11 Å². The first-order chi connectivity index (χ1) is 8.17. The second kappa shape index (κ2) is 5.23. The van der Waals surface area contributed by atoms with E-state index < -0.39 is 0 Å². The maximum absolute atomic E-state index is 11.4. The largest absolute Gasteiger partial charge is 0.501 e. The minimum atomic E-state index is -0.0971. The average molecular weight is 252 g/mol. The van der Waals surface area contributed by atoms with Gasteiger partial charge in [-0.1, -0.05) is 23.7 Å². The number of halogens is 1. The van der Waals surface area contributed by atoms with Crippen LogP contribution < -0.4 is 5.32 Å². The van der Waals surface area contributed by atoms with Gasteiger partial charge in [-0.2, -0.15) is 0 Å². The summed E-state index contributed by atoms with van der Waals surface area (Å²) in [6.45, 7) is 0. The Balaban J connectivity index is 2.05. The van der Waals surface area contributed by atoms with Crippen LogP contribution in [0.2, 0.25) is 5.02 Å². The number of hydrogen-bond acceptors (Lipinski definition) is 2. The van der Waals surface area contributed by atoms with E-state index in [0.717, 1.165) is 24.2 Å². The van der Waals surface area contributed by atoms with Gasteiger partial charge in [0.2, 0.25) is 5.91 Å². The Hall–Kier alpha value is -1.48. The van der Waals surface area contributed by atoms with Crippen molar-refractivity contribution < 1.29 is 9.53 Å². The molecule has 0 saturated heterocycles. The van der Waals surface area contributed by atoms with Crippen molar-refractivity contribution in [2.75, 3.05) is 7.11 Å². The molecule has 0 unspecified atom stereocenters. The van der Waals surface area contributed by atoms with Crippen molar-refractivity contribution in [3.63, 3.8) is 0 Å². The van der Waals surface area contributed by atoms with E-state index in [0.29, 0.717) is 5.02 Å². The first-order valence-corrected chi connectivity index (χ1v) is 5.84. The normalized spacial score (nSPS) is 19.5. The summed E-state index contributed by atoms with van der Waals surface area (Å²) in [6.07, 6.45) is 2.97. The second-order valence-corrected chi connectivity index (χ2v) is 4.49. The van der Waals surface area contributed by atoms with Crippen molar-refractivity contribution in [1.29, 1.82) is 0 Å². The third-order valence-corrected chi connectivity index (χ3v) is 2.95. The molecule has 0 saturated carbocycles. The van der Waals surface area contributed by atoms with Gasteiger partial charge in [0.05, 0.1) is 7.11 Å². The van der Waals surface area contributed by atoms with Crippen LogP contribution in [0.3, 0.4) is 0 Å². The molecule has 17 heavy (non-hydrogen) atoms. The molecule has 4 heteroatoms. The maximum Gasteiger partial charge on any atom is 0.247 e. The molecule has 1 heterocycles. The third-order valence-electron chi connectivity index (χ3n) is 2.72. The molecule has 1 atom stereocenters. The molecule has 90 valence electrons. The lowest BCUT2D eigenvalue weighted by molar-refractivity contribution is -0.118. The van der Waals surface area contributed by atoms with Crippen LogP contribution in [0, 0.1) is 0 Å². The fourth-order valence-corrected chi connectivity index (χ4v) is 2.17. The predicted molar refractivity (Wildman–Crippen MR) is 66.8 cm³/mol. The fraction of sp³-hybridized carbons (Fsp3) is 0.308. The smallest absolute Gasteiger partial charge is 0.247 e. The summed E-state index contributed by atoms with van der Waals surface area (Å²) in [5, 5.41) is 3.63. The van der Waals surface area contributed by atoms with Crippen molar-refractivity contribution in [2.24, 2.45) is 0 Å². The van der Waals surface area contributed by atoms with E-state index in [4.69, 9.17) is 16.3 Å². The van der Waals surface area contributed by atoms with Gasteiger partial charge < -0.3 is 10.1 Å². The van der Waals surface area contributed by atoms with Crippen LogP contribution in [-0.2, 0) is 16.0 Å². The molecule has 1 aliphatic heterocycles. The highest BCUT2D eigenvalue weighted by atomic mass is 35.5. The standard InChI is InChI=1S/C13H14ClNO2/c1-17-12-7-11(15-13(16)8-12)6-9-3-2-4-10(14)5-9/h2-5,8,11H,6-7H2,1H3,(H,15,16)/t11-/m0/s1. The van der Waals surface area contributed by atoms with Crippen LogP contribution in [-0.4, -0.2) is 19.1 Å². The van der Waals surface area contributed by atoms with Crippen LogP contribution in [0.15, 0.2) is 36.1 Å². The molecule has 0 fully saturated rings. The topological polar surface area (TPSA) is 38.3 Å². The van der Waals surface area contributed by atoms with Gasteiger partial charge in [-0.3, -0.25) is 4.79 Å². The molecule has 1 aromatic rings. The van der Waals surface area contributed by atoms with Gasteiger partial charge >= 0.3 is 0 Å². The SMILES string of the molecule is COC1=CC(=O)N[C@@H](Cc2cccc(Cl)c2)C1. The molecule has 0 spiro atoms. The number of carbonyl (C=O) groups excluding carboxylic acids is 1. The third kappa shape index (κ3) is 3.24. The Kier molecular flexibility index (Phi) is 3.69. The van der Waals surface area contributed by atoms with Crippen LogP contribution in [0.4, 0.5) is 0 Å². The highest BCUT2D eigenvalue weighted by Crippen LogP contribution is 2.17. The number of carbonyl (C=O) groups is 1. The maximum atomic E-state index is 11.4. The Bertz CT molecular complexity index is 456. The molecule has 2 rings (SSSR count). The van der Waals surface area contributed by atoms with Gasteiger partial charge in [0.15, 0.2) is 0 Å². The van der Waals surface area contributed by atoms with Crippen molar-refractivity contribution in [3.8, 4) is 0 Å². The number of rotatable bonds is 3. The van der Waals surface area contributed by atoms with E-state index in [1.165, 1.54) is 6.08 Å². The Morgan fingerprint density at radius 3 is 3.06 bits per heavy atom. The molecule has 0 radical (unpaired) electrons. The number of benzene rings is 1. The first kappa shape index (κ1) is 12.0. The van der Waals surface area contributed by atoms with Gasteiger partial charge in [-0.05, 0) is 24.1 Å². The summed E-state index contributed by atoms with van der Waals surface area (Å²) in [6, 6.07) is 7.74. The van der Waals surface area contributed by atoms with E-state index in [-0.39, 0.29) is 11.9 Å². The van der Waals surface area contributed by atoms with E-state index >= 15 is 0 Å². The zero-order chi connectivity index (χ0) is 12.3. The zero-order valence-corrected chi connectivity index (χ0v) is 10.3. The molecule has 0 aliphatic carbocycles. The molecule has 0 aromatic heterocycles. The van der Waals surface area contributed by atoms with Crippen LogP contribution in [0.5, 0.6) is 0 Å². The van der Waals surface area contributed by atoms with Crippen molar-refractivity contribution in [1.82, 2.24) is 5.32 Å². The van der Waals surface area contributed by atoms with E-state index in [9.17, 15) is 4.79 Å². The molecule has 1 N–H and O–H groups in total. The lowest BCUT2D eigenvalue weighted by Crippen LogP contribution is -2.39. The summed E-state index contributed by atoms with van der Waals surface area (Å²) in [7, 11) is 1.58. The van der Waals surface area contributed by atoms with Gasteiger partial charge in [0.25, 0.3) is 0 Å². The minimum Gasteiger partial charge on any atom is -0.501 e. The van der Waals surface area contributed by atoms with Gasteiger partial charge in [0, 0.05) is 23.6 Å². The number of methoxy groups -OCH3 is 1. The van der Waals surface area contributed by atoms with Crippen molar-refractivity contribution >= 4 is 17.5 Å². The highest BCUT2D eigenvalue weighted by molar-refractivity contribution is 6.30. The first-order valence-electron chi connectivity index (χ1n) is 5.47. The molecular formula is C13H14ClNO2. The number of ether oxygens (including phenoxy) is 1. The van der Waals surface area contributed by atoms with Crippen LogP contribution in [0.1, 0.15) is 12.0 Å². The molecule has 1 amide bonds. The monoisotopic (exact) mass is 251 g/mol. The summed E-state index contributed by atoms with van der Waals surface area (Å²) in [5.74, 6) is 0.626. The highest BCUT2D eigenvalue weighted by Gasteiger charge is 2.20. The lowest BCUT2D eigenvalue weighted by atomic mass is 10.00. The summed E-state index contributed by atoms with van der Waals surface area (Å²) in [4.78, 5) is 11.4. The minimum absolute atomic E-state index is 0.0703. The van der Waals surface area contributed by atoms with Crippen molar-refractivity contribution in [2.45, 2.75) is 18.9 Å². The lowest BCUT2D eigenvalue weighted by Gasteiger charge is -2.23.